The highest BCUT2D eigenvalue weighted by atomic mass is 16.1. The second-order valence-electron chi connectivity index (χ2n) is 3.32. The van der Waals surface area contributed by atoms with E-state index in [0.29, 0.717) is 0 Å². The van der Waals surface area contributed by atoms with Gasteiger partial charge in [0, 0.05) is 0 Å². The Hall–Kier alpha value is -0.630. The van der Waals surface area contributed by atoms with Gasteiger partial charge in [-0.2, -0.15) is 0 Å². The topological polar surface area (TPSA) is 20.3 Å². The summed E-state index contributed by atoms with van der Waals surface area (Å²) in [6, 6.07) is -0.00241. The number of hydrogen-bond acceptors (Lipinski definition) is 2. The summed E-state index contributed by atoms with van der Waals surface area (Å²) < 4.78 is 0. The zero-order valence-corrected chi connectivity index (χ0v) is 9.05. The molecule has 0 fully saturated rings. The third-order valence-electron chi connectivity index (χ3n) is 2.18. The first-order chi connectivity index (χ1) is 6.17. The molecule has 0 aliphatic carbocycles. The summed E-state index contributed by atoms with van der Waals surface area (Å²) in [6.45, 7) is 11.7. The molecule has 76 valence electrons. The lowest BCUT2D eigenvalue weighted by Gasteiger charge is -2.26. The van der Waals surface area contributed by atoms with Crippen molar-refractivity contribution in [3.05, 3.63) is 12.7 Å². The number of hydrogen-bond donors (Lipinski definition) is 0. The highest BCUT2D eigenvalue weighted by molar-refractivity contribution is 5.93. The summed E-state index contributed by atoms with van der Waals surface area (Å²) in [7, 11) is 0. The number of ketones is 1. The molecule has 0 aromatic heterocycles. The van der Waals surface area contributed by atoms with E-state index in [0.717, 1.165) is 25.9 Å². The predicted octanol–water partition coefficient (Wildman–Crippen LogP) is 2.25. The molecule has 0 aromatic rings. The normalized spacial score (nSPS) is 12.9. The first-order valence-electron chi connectivity index (χ1n) is 5.07. The summed E-state index contributed by atoms with van der Waals surface area (Å²) in [5, 5.41) is 0. The van der Waals surface area contributed by atoms with Gasteiger partial charge in [-0.25, -0.2) is 0 Å². The van der Waals surface area contributed by atoms with Crippen LogP contribution in [0.1, 0.15) is 33.6 Å². The van der Waals surface area contributed by atoms with E-state index in [1.54, 1.807) is 0 Å². The van der Waals surface area contributed by atoms with E-state index in [9.17, 15) is 4.79 Å². The van der Waals surface area contributed by atoms with Crippen LogP contribution in [0.25, 0.3) is 0 Å². The molecule has 2 heteroatoms. The second-order valence-corrected chi connectivity index (χ2v) is 3.32. The minimum Gasteiger partial charge on any atom is -0.294 e. The van der Waals surface area contributed by atoms with Crippen molar-refractivity contribution in [2.24, 2.45) is 0 Å². The molecular formula is C11H21NO. The van der Waals surface area contributed by atoms with Crippen LogP contribution in [0.3, 0.4) is 0 Å². The molecule has 13 heavy (non-hydrogen) atoms. The number of nitrogens with zero attached hydrogens (tertiary/aromatic N) is 1. The predicted molar refractivity (Wildman–Crippen MR) is 56.8 cm³/mol. The Bertz CT molecular complexity index is 159. The van der Waals surface area contributed by atoms with Crippen LogP contribution in [0, 0.1) is 0 Å². The van der Waals surface area contributed by atoms with Crippen molar-refractivity contribution in [1.82, 2.24) is 4.90 Å². The molecule has 0 bridgehead atoms. The van der Waals surface area contributed by atoms with Gasteiger partial charge >= 0.3 is 0 Å². The Kier molecular flexibility index (Phi) is 6.51. The van der Waals surface area contributed by atoms with Crippen LogP contribution in [-0.4, -0.2) is 29.8 Å². The minimum absolute atomic E-state index is 0.00241. The fourth-order valence-electron chi connectivity index (χ4n) is 1.42. The van der Waals surface area contributed by atoms with Gasteiger partial charge in [0.05, 0.1) is 6.04 Å². The summed E-state index contributed by atoms with van der Waals surface area (Å²) in [5.74, 6) is 0.127. The van der Waals surface area contributed by atoms with Crippen LogP contribution >= 0.6 is 0 Å². The van der Waals surface area contributed by atoms with Crippen molar-refractivity contribution in [3.8, 4) is 0 Å². The molecule has 0 N–H and O–H groups in total. The van der Waals surface area contributed by atoms with Gasteiger partial charge in [0.2, 0.25) is 0 Å². The average Bonchev–Trinajstić information content (AvgIpc) is 2.15. The lowest BCUT2D eigenvalue weighted by atomic mass is 10.1. The largest absolute Gasteiger partial charge is 0.294 e. The smallest absolute Gasteiger partial charge is 0.171 e. The first-order valence-corrected chi connectivity index (χ1v) is 5.07. The number of carbonyl (C=O) groups is 1. The molecule has 0 saturated carbocycles. The molecule has 0 heterocycles. The van der Waals surface area contributed by atoms with Crippen LogP contribution < -0.4 is 0 Å². The summed E-state index contributed by atoms with van der Waals surface area (Å²) >= 11 is 0. The summed E-state index contributed by atoms with van der Waals surface area (Å²) in [6.07, 6.45) is 3.60. The fraction of sp³-hybridized carbons (Fsp3) is 0.727. The van der Waals surface area contributed by atoms with Crippen molar-refractivity contribution < 1.29 is 4.79 Å². The van der Waals surface area contributed by atoms with E-state index >= 15 is 0 Å². The lowest BCUT2D eigenvalue weighted by Crippen LogP contribution is -2.39. The Balaban J connectivity index is 4.16. The molecule has 0 radical (unpaired) electrons. The second kappa shape index (κ2) is 6.84. The Morgan fingerprint density at radius 2 is 1.85 bits per heavy atom. The van der Waals surface area contributed by atoms with Crippen LogP contribution in [-0.2, 0) is 4.79 Å². The Morgan fingerprint density at radius 1 is 1.38 bits per heavy atom. The van der Waals surface area contributed by atoms with Crippen LogP contribution in [0.5, 0.6) is 0 Å². The van der Waals surface area contributed by atoms with E-state index in [4.69, 9.17) is 0 Å². The van der Waals surface area contributed by atoms with Gasteiger partial charge in [0.15, 0.2) is 5.78 Å². The molecular weight excluding hydrogens is 162 g/mol. The van der Waals surface area contributed by atoms with Crippen molar-refractivity contribution in [2.75, 3.05) is 13.1 Å². The van der Waals surface area contributed by atoms with Gasteiger partial charge in [0.25, 0.3) is 0 Å². The zero-order chi connectivity index (χ0) is 10.3. The molecule has 0 rings (SSSR count). The highest BCUT2D eigenvalue weighted by Gasteiger charge is 2.16. The van der Waals surface area contributed by atoms with Gasteiger partial charge in [0.1, 0.15) is 0 Å². The maximum absolute atomic E-state index is 11.3. The van der Waals surface area contributed by atoms with E-state index in [-0.39, 0.29) is 11.8 Å². The molecule has 2 nitrogen and oxygen atoms in total. The third-order valence-corrected chi connectivity index (χ3v) is 2.18. The summed E-state index contributed by atoms with van der Waals surface area (Å²) in [5.41, 5.74) is 0. The zero-order valence-electron chi connectivity index (χ0n) is 9.05. The van der Waals surface area contributed by atoms with Crippen LogP contribution in [0.2, 0.25) is 0 Å². The first kappa shape index (κ1) is 12.4. The molecule has 0 aliphatic heterocycles. The molecule has 0 spiro atoms. The standard InChI is InChI=1S/C11H21NO/c1-5-8-12(9-6-2)10(4)11(13)7-3/h7,10H,3,5-6,8-9H2,1-2,4H3. The average molecular weight is 183 g/mol. The lowest BCUT2D eigenvalue weighted by molar-refractivity contribution is -0.119. The third kappa shape index (κ3) is 4.23. The van der Waals surface area contributed by atoms with Gasteiger partial charge in [-0.05, 0) is 38.9 Å². The monoisotopic (exact) mass is 183 g/mol. The van der Waals surface area contributed by atoms with Crippen LogP contribution in [0.15, 0.2) is 12.7 Å². The maximum Gasteiger partial charge on any atom is 0.171 e. The van der Waals surface area contributed by atoms with Crippen molar-refractivity contribution in [2.45, 2.75) is 39.7 Å². The number of rotatable bonds is 7. The van der Waals surface area contributed by atoms with Gasteiger partial charge < -0.3 is 0 Å². The van der Waals surface area contributed by atoms with E-state index < -0.39 is 0 Å². The van der Waals surface area contributed by atoms with Crippen molar-refractivity contribution in [3.63, 3.8) is 0 Å². The maximum atomic E-state index is 11.3. The van der Waals surface area contributed by atoms with Gasteiger partial charge in [-0.15, -0.1) is 0 Å². The SMILES string of the molecule is C=CC(=O)C(C)N(CCC)CCC. The highest BCUT2D eigenvalue weighted by Crippen LogP contribution is 2.03. The van der Waals surface area contributed by atoms with E-state index in [2.05, 4.69) is 25.3 Å². The molecule has 0 aromatic carbocycles. The molecule has 0 saturated heterocycles. The molecule has 1 unspecified atom stereocenters. The Morgan fingerprint density at radius 3 is 2.15 bits per heavy atom. The van der Waals surface area contributed by atoms with Crippen molar-refractivity contribution >= 4 is 5.78 Å². The van der Waals surface area contributed by atoms with Gasteiger partial charge in [-0.1, -0.05) is 20.4 Å². The van der Waals surface area contributed by atoms with Crippen LogP contribution in [0.4, 0.5) is 0 Å². The van der Waals surface area contributed by atoms with E-state index in [1.807, 2.05) is 6.92 Å². The summed E-state index contributed by atoms with van der Waals surface area (Å²) in [4.78, 5) is 13.6. The fourth-order valence-corrected chi connectivity index (χ4v) is 1.42. The molecule has 0 amide bonds. The minimum atomic E-state index is -0.00241. The Labute approximate surface area is 81.6 Å². The number of carbonyl (C=O) groups excluding carboxylic acids is 1. The molecule has 1 atom stereocenters. The van der Waals surface area contributed by atoms with Gasteiger partial charge in [-0.3, -0.25) is 9.69 Å². The molecule has 0 aliphatic rings. The van der Waals surface area contributed by atoms with Crippen molar-refractivity contribution in [1.29, 1.82) is 0 Å². The quantitative estimate of drug-likeness (QED) is 0.564. The van der Waals surface area contributed by atoms with E-state index in [1.165, 1.54) is 6.08 Å².